The predicted molar refractivity (Wildman–Crippen MR) is 82.8 cm³/mol. The SMILES string of the molecule is COc1ccc(C#N)cc1COc1cccc(N(C)C)c1. The van der Waals surface area contributed by atoms with Gasteiger partial charge in [0.05, 0.1) is 18.7 Å². The molecule has 0 amide bonds. The molecule has 0 aromatic heterocycles. The topological polar surface area (TPSA) is 45.5 Å². The summed E-state index contributed by atoms with van der Waals surface area (Å²) >= 11 is 0. The fourth-order valence-electron chi connectivity index (χ4n) is 1.97. The lowest BCUT2D eigenvalue weighted by molar-refractivity contribution is 0.296. The summed E-state index contributed by atoms with van der Waals surface area (Å²) in [6.07, 6.45) is 0. The molecular formula is C17H18N2O2. The van der Waals surface area contributed by atoms with Crippen molar-refractivity contribution in [2.24, 2.45) is 0 Å². The summed E-state index contributed by atoms with van der Waals surface area (Å²) in [7, 11) is 5.58. The van der Waals surface area contributed by atoms with Gasteiger partial charge in [-0.1, -0.05) is 6.07 Å². The third kappa shape index (κ3) is 3.67. The standard InChI is InChI=1S/C17H18N2O2/c1-19(2)15-5-4-6-16(10-15)21-12-14-9-13(11-18)7-8-17(14)20-3/h4-10H,12H2,1-3H3. The molecule has 0 spiro atoms. The number of hydrogen-bond donors (Lipinski definition) is 0. The van der Waals surface area contributed by atoms with E-state index in [4.69, 9.17) is 14.7 Å². The Morgan fingerprint density at radius 1 is 1.14 bits per heavy atom. The van der Waals surface area contributed by atoms with Crippen LogP contribution in [0.15, 0.2) is 42.5 Å². The van der Waals surface area contributed by atoms with Crippen molar-refractivity contribution >= 4 is 5.69 Å². The molecule has 0 saturated heterocycles. The molecule has 2 rings (SSSR count). The summed E-state index contributed by atoms with van der Waals surface area (Å²) in [5.74, 6) is 1.50. The van der Waals surface area contributed by atoms with Gasteiger partial charge in [0.2, 0.25) is 0 Å². The Hall–Kier alpha value is -2.67. The van der Waals surface area contributed by atoms with E-state index >= 15 is 0 Å². The molecule has 0 saturated carbocycles. The summed E-state index contributed by atoms with van der Waals surface area (Å²) < 4.78 is 11.1. The number of nitrogens with zero attached hydrogens (tertiary/aromatic N) is 2. The highest BCUT2D eigenvalue weighted by molar-refractivity contribution is 5.49. The van der Waals surface area contributed by atoms with Gasteiger partial charge in [-0.3, -0.25) is 0 Å². The minimum Gasteiger partial charge on any atom is -0.496 e. The van der Waals surface area contributed by atoms with Gasteiger partial charge in [-0.2, -0.15) is 5.26 Å². The number of rotatable bonds is 5. The Morgan fingerprint density at radius 3 is 2.62 bits per heavy atom. The molecule has 0 unspecified atom stereocenters. The smallest absolute Gasteiger partial charge is 0.125 e. The fourth-order valence-corrected chi connectivity index (χ4v) is 1.97. The van der Waals surface area contributed by atoms with Crippen LogP contribution in [0.1, 0.15) is 11.1 Å². The zero-order valence-electron chi connectivity index (χ0n) is 12.5. The second kappa shape index (κ2) is 6.67. The largest absolute Gasteiger partial charge is 0.496 e. The normalized spacial score (nSPS) is 9.81. The molecular weight excluding hydrogens is 264 g/mol. The fraction of sp³-hybridized carbons (Fsp3) is 0.235. The number of nitriles is 1. The molecule has 0 aliphatic rings. The molecule has 108 valence electrons. The van der Waals surface area contributed by atoms with Crippen molar-refractivity contribution in [2.75, 3.05) is 26.1 Å². The van der Waals surface area contributed by atoms with Crippen LogP contribution in [0.25, 0.3) is 0 Å². The van der Waals surface area contributed by atoms with Gasteiger partial charge in [-0.05, 0) is 30.3 Å². The molecule has 2 aromatic rings. The van der Waals surface area contributed by atoms with E-state index < -0.39 is 0 Å². The maximum Gasteiger partial charge on any atom is 0.125 e. The Labute approximate surface area is 125 Å². The minimum atomic E-state index is 0.357. The third-order valence-electron chi connectivity index (χ3n) is 3.14. The van der Waals surface area contributed by atoms with E-state index in [0.717, 1.165) is 22.7 Å². The Bertz CT molecular complexity index is 660. The molecule has 0 aliphatic carbocycles. The van der Waals surface area contributed by atoms with Gasteiger partial charge in [0.15, 0.2) is 0 Å². The lowest BCUT2D eigenvalue weighted by atomic mass is 10.1. The van der Waals surface area contributed by atoms with Crippen molar-refractivity contribution in [3.8, 4) is 17.6 Å². The summed E-state index contributed by atoms with van der Waals surface area (Å²) in [5.41, 5.74) is 2.52. The van der Waals surface area contributed by atoms with Crippen LogP contribution >= 0.6 is 0 Å². The van der Waals surface area contributed by atoms with E-state index in [2.05, 4.69) is 6.07 Å². The molecule has 0 radical (unpaired) electrons. The predicted octanol–water partition coefficient (Wildman–Crippen LogP) is 3.21. The van der Waals surface area contributed by atoms with Gasteiger partial charge in [-0.15, -0.1) is 0 Å². The Balaban J connectivity index is 2.16. The zero-order chi connectivity index (χ0) is 15.2. The van der Waals surface area contributed by atoms with Crippen molar-refractivity contribution in [1.82, 2.24) is 0 Å². The summed E-state index contributed by atoms with van der Waals surface area (Å²) in [4.78, 5) is 2.02. The van der Waals surface area contributed by atoms with E-state index in [1.807, 2.05) is 43.3 Å². The van der Waals surface area contributed by atoms with Crippen molar-refractivity contribution in [3.05, 3.63) is 53.6 Å². The molecule has 2 aromatic carbocycles. The second-order valence-corrected chi connectivity index (χ2v) is 4.82. The van der Waals surface area contributed by atoms with Crippen LogP contribution in [0, 0.1) is 11.3 Å². The molecule has 4 heteroatoms. The van der Waals surface area contributed by atoms with Crippen molar-refractivity contribution in [3.63, 3.8) is 0 Å². The Morgan fingerprint density at radius 2 is 1.95 bits per heavy atom. The van der Waals surface area contributed by atoms with Crippen LogP contribution in [0.5, 0.6) is 11.5 Å². The van der Waals surface area contributed by atoms with Crippen LogP contribution < -0.4 is 14.4 Å². The number of anilines is 1. The lowest BCUT2D eigenvalue weighted by Crippen LogP contribution is -2.08. The molecule has 21 heavy (non-hydrogen) atoms. The van der Waals surface area contributed by atoms with Crippen LogP contribution in [0.2, 0.25) is 0 Å². The number of hydrogen-bond acceptors (Lipinski definition) is 4. The van der Waals surface area contributed by atoms with Gasteiger partial charge >= 0.3 is 0 Å². The summed E-state index contributed by atoms with van der Waals surface area (Å²) in [6.45, 7) is 0.357. The van der Waals surface area contributed by atoms with Crippen LogP contribution in [0.3, 0.4) is 0 Å². The maximum absolute atomic E-state index is 8.97. The quantitative estimate of drug-likeness (QED) is 0.844. The lowest BCUT2D eigenvalue weighted by Gasteiger charge is -2.15. The van der Waals surface area contributed by atoms with Gasteiger partial charge in [0.1, 0.15) is 18.1 Å². The van der Waals surface area contributed by atoms with Crippen molar-refractivity contribution in [2.45, 2.75) is 6.61 Å². The number of methoxy groups -OCH3 is 1. The maximum atomic E-state index is 8.97. The average Bonchev–Trinajstić information content (AvgIpc) is 2.52. The monoisotopic (exact) mass is 282 g/mol. The van der Waals surface area contributed by atoms with Gasteiger partial charge < -0.3 is 14.4 Å². The van der Waals surface area contributed by atoms with Crippen molar-refractivity contribution < 1.29 is 9.47 Å². The van der Waals surface area contributed by atoms with Crippen molar-refractivity contribution in [1.29, 1.82) is 5.26 Å². The molecule has 0 heterocycles. The van der Waals surface area contributed by atoms with E-state index in [0.29, 0.717) is 12.2 Å². The van der Waals surface area contributed by atoms with Crippen LogP contribution in [-0.4, -0.2) is 21.2 Å². The van der Waals surface area contributed by atoms with Crippen LogP contribution in [0.4, 0.5) is 5.69 Å². The first-order chi connectivity index (χ1) is 10.1. The average molecular weight is 282 g/mol. The first-order valence-electron chi connectivity index (χ1n) is 6.61. The Kier molecular flexibility index (Phi) is 4.68. The highest BCUT2D eigenvalue weighted by Crippen LogP contribution is 2.24. The molecule has 0 atom stereocenters. The molecule has 0 aliphatic heterocycles. The molecule has 4 nitrogen and oxygen atoms in total. The molecule has 0 bridgehead atoms. The summed E-state index contributed by atoms with van der Waals surface area (Å²) in [6, 6.07) is 15.3. The first-order valence-corrected chi connectivity index (χ1v) is 6.61. The minimum absolute atomic E-state index is 0.357. The number of ether oxygens (including phenoxy) is 2. The van der Waals surface area contributed by atoms with Gasteiger partial charge in [-0.25, -0.2) is 0 Å². The van der Waals surface area contributed by atoms with Gasteiger partial charge in [0, 0.05) is 31.4 Å². The van der Waals surface area contributed by atoms with Gasteiger partial charge in [0.25, 0.3) is 0 Å². The van der Waals surface area contributed by atoms with E-state index in [9.17, 15) is 0 Å². The van der Waals surface area contributed by atoms with E-state index in [1.165, 1.54) is 0 Å². The van der Waals surface area contributed by atoms with E-state index in [-0.39, 0.29) is 0 Å². The zero-order valence-corrected chi connectivity index (χ0v) is 12.5. The molecule has 0 fully saturated rings. The molecule has 0 N–H and O–H groups in total. The highest BCUT2D eigenvalue weighted by atomic mass is 16.5. The highest BCUT2D eigenvalue weighted by Gasteiger charge is 2.06. The summed E-state index contributed by atoms with van der Waals surface area (Å²) in [5, 5.41) is 8.97. The second-order valence-electron chi connectivity index (χ2n) is 4.82. The van der Waals surface area contributed by atoms with E-state index in [1.54, 1.807) is 25.3 Å². The third-order valence-corrected chi connectivity index (χ3v) is 3.14. The van der Waals surface area contributed by atoms with Crippen LogP contribution in [-0.2, 0) is 6.61 Å². The first kappa shape index (κ1) is 14.7. The number of benzene rings is 2.